The van der Waals surface area contributed by atoms with E-state index in [1.807, 2.05) is 0 Å². The topological polar surface area (TPSA) is 66.4 Å². The molecular formula is C14H10ClNO3S. The van der Waals surface area contributed by atoms with E-state index >= 15 is 0 Å². The minimum Gasteiger partial charge on any atom is -0.375 e. The van der Waals surface area contributed by atoms with E-state index in [0.29, 0.717) is 20.5 Å². The standard InChI is InChI=1S/C14H10ClNO3S/c15-12-6-5-11(20-12)10(17)7-14(19)8-3-1-2-4-9(8)16-13(14)18/h1-6,19H,7H2,(H,16,18)/t14-/m0/s1. The Balaban J connectivity index is 1.93. The average molecular weight is 308 g/mol. The first-order valence-corrected chi connectivity index (χ1v) is 7.12. The number of carbonyl (C=O) groups excluding carboxylic acids is 2. The van der Waals surface area contributed by atoms with Gasteiger partial charge in [0.2, 0.25) is 0 Å². The third-order valence-electron chi connectivity index (χ3n) is 3.26. The molecule has 1 aliphatic heterocycles. The number of carbonyl (C=O) groups is 2. The van der Waals surface area contributed by atoms with Crippen molar-refractivity contribution in [1.82, 2.24) is 0 Å². The molecule has 0 fully saturated rings. The third-order valence-corrected chi connectivity index (χ3v) is 4.53. The number of nitrogens with one attached hydrogen (secondary N) is 1. The Morgan fingerprint density at radius 3 is 2.75 bits per heavy atom. The van der Waals surface area contributed by atoms with E-state index in [0.717, 1.165) is 11.3 Å². The van der Waals surface area contributed by atoms with Gasteiger partial charge in [-0.05, 0) is 18.2 Å². The molecule has 2 aromatic rings. The maximum atomic E-state index is 12.2. The highest BCUT2D eigenvalue weighted by Crippen LogP contribution is 2.39. The van der Waals surface area contributed by atoms with Gasteiger partial charge in [0.05, 0.1) is 15.6 Å². The zero-order chi connectivity index (χ0) is 14.3. The predicted molar refractivity (Wildman–Crippen MR) is 77.2 cm³/mol. The fraction of sp³-hybridized carbons (Fsp3) is 0.143. The number of halogens is 1. The first kappa shape index (κ1) is 13.3. The molecule has 2 heterocycles. The van der Waals surface area contributed by atoms with Crippen LogP contribution in [0.25, 0.3) is 0 Å². The van der Waals surface area contributed by atoms with Crippen LogP contribution in [0.4, 0.5) is 5.69 Å². The molecule has 0 spiro atoms. The van der Waals surface area contributed by atoms with Gasteiger partial charge in [0.1, 0.15) is 0 Å². The quantitative estimate of drug-likeness (QED) is 0.857. The number of hydrogen-bond acceptors (Lipinski definition) is 4. The molecule has 4 nitrogen and oxygen atoms in total. The molecule has 0 radical (unpaired) electrons. The van der Waals surface area contributed by atoms with Crippen LogP contribution >= 0.6 is 22.9 Å². The van der Waals surface area contributed by atoms with Crippen LogP contribution in [0, 0.1) is 0 Å². The number of thiophene rings is 1. The Morgan fingerprint density at radius 2 is 2.05 bits per heavy atom. The van der Waals surface area contributed by atoms with E-state index in [1.54, 1.807) is 36.4 Å². The Labute approximate surface area is 124 Å². The van der Waals surface area contributed by atoms with E-state index in [-0.39, 0.29) is 12.2 Å². The molecule has 1 amide bonds. The second-order valence-electron chi connectivity index (χ2n) is 4.56. The molecule has 20 heavy (non-hydrogen) atoms. The number of fused-ring (bicyclic) bond motifs is 1. The predicted octanol–water partition coefficient (Wildman–Crippen LogP) is 2.81. The molecule has 6 heteroatoms. The van der Waals surface area contributed by atoms with Gasteiger partial charge in [-0.15, -0.1) is 11.3 Å². The van der Waals surface area contributed by atoms with Gasteiger partial charge < -0.3 is 10.4 Å². The minimum atomic E-state index is -1.82. The van der Waals surface area contributed by atoms with E-state index < -0.39 is 11.5 Å². The summed E-state index contributed by atoms with van der Waals surface area (Å²) in [4.78, 5) is 24.6. The van der Waals surface area contributed by atoms with Gasteiger partial charge in [-0.25, -0.2) is 0 Å². The number of aliphatic hydroxyl groups is 1. The van der Waals surface area contributed by atoms with Crippen molar-refractivity contribution in [2.45, 2.75) is 12.0 Å². The van der Waals surface area contributed by atoms with Crippen LogP contribution in [0.3, 0.4) is 0 Å². The molecule has 0 aliphatic carbocycles. The van der Waals surface area contributed by atoms with Crippen molar-refractivity contribution in [2.75, 3.05) is 5.32 Å². The van der Waals surface area contributed by atoms with E-state index in [2.05, 4.69) is 5.32 Å². The van der Waals surface area contributed by atoms with Gasteiger partial charge in [-0.2, -0.15) is 0 Å². The van der Waals surface area contributed by atoms with Gasteiger partial charge in [-0.3, -0.25) is 9.59 Å². The van der Waals surface area contributed by atoms with Gasteiger partial charge in [0, 0.05) is 11.3 Å². The molecule has 0 bridgehead atoms. The lowest BCUT2D eigenvalue weighted by atomic mass is 9.89. The Hall–Kier alpha value is -1.69. The lowest BCUT2D eigenvalue weighted by molar-refractivity contribution is -0.133. The largest absolute Gasteiger partial charge is 0.375 e. The monoisotopic (exact) mass is 307 g/mol. The molecule has 1 aliphatic rings. The summed E-state index contributed by atoms with van der Waals surface area (Å²) in [7, 11) is 0. The Kier molecular flexibility index (Phi) is 3.12. The van der Waals surface area contributed by atoms with Crippen molar-refractivity contribution in [2.24, 2.45) is 0 Å². The minimum absolute atomic E-state index is 0.299. The molecule has 1 atom stereocenters. The van der Waals surface area contributed by atoms with Crippen molar-refractivity contribution in [3.63, 3.8) is 0 Å². The van der Waals surface area contributed by atoms with Crippen LogP contribution in [0.2, 0.25) is 4.34 Å². The van der Waals surface area contributed by atoms with Crippen LogP contribution in [0.1, 0.15) is 21.7 Å². The summed E-state index contributed by atoms with van der Waals surface area (Å²) in [6.07, 6.45) is -0.299. The van der Waals surface area contributed by atoms with Crippen molar-refractivity contribution in [1.29, 1.82) is 0 Å². The molecule has 0 saturated carbocycles. The highest BCUT2D eigenvalue weighted by atomic mass is 35.5. The summed E-state index contributed by atoms with van der Waals surface area (Å²) < 4.78 is 0.497. The van der Waals surface area contributed by atoms with Gasteiger partial charge in [-0.1, -0.05) is 29.8 Å². The highest BCUT2D eigenvalue weighted by molar-refractivity contribution is 7.18. The Morgan fingerprint density at radius 1 is 1.30 bits per heavy atom. The van der Waals surface area contributed by atoms with Crippen molar-refractivity contribution in [3.8, 4) is 0 Å². The van der Waals surface area contributed by atoms with Gasteiger partial charge >= 0.3 is 0 Å². The molecule has 102 valence electrons. The second kappa shape index (κ2) is 4.70. The summed E-state index contributed by atoms with van der Waals surface area (Å²) in [6.45, 7) is 0. The Bertz CT molecular complexity index is 712. The number of hydrogen-bond donors (Lipinski definition) is 2. The number of para-hydroxylation sites is 1. The first-order valence-electron chi connectivity index (χ1n) is 5.92. The molecule has 0 saturated heterocycles. The van der Waals surface area contributed by atoms with Crippen molar-refractivity contribution in [3.05, 3.63) is 51.2 Å². The van der Waals surface area contributed by atoms with Crippen LogP contribution in [0.15, 0.2) is 36.4 Å². The normalized spacial score (nSPS) is 20.6. The fourth-order valence-electron chi connectivity index (χ4n) is 2.26. The first-order chi connectivity index (χ1) is 9.50. The van der Waals surface area contributed by atoms with E-state index in [9.17, 15) is 14.7 Å². The zero-order valence-corrected chi connectivity index (χ0v) is 11.8. The van der Waals surface area contributed by atoms with Crippen LogP contribution in [-0.2, 0) is 10.4 Å². The number of benzene rings is 1. The summed E-state index contributed by atoms with van der Waals surface area (Å²) in [5.74, 6) is -0.883. The van der Waals surface area contributed by atoms with Crippen LogP contribution < -0.4 is 5.32 Å². The van der Waals surface area contributed by atoms with Crippen molar-refractivity contribution < 1.29 is 14.7 Å². The van der Waals surface area contributed by atoms with E-state index in [1.165, 1.54) is 0 Å². The zero-order valence-electron chi connectivity index (χ0n) is 10.2. The summed E-state index contributed by atoms with van der Waals surface area (Å²) in [5, 5.41) is 13.2. The SMILES string of the molecule is O=C(C[C@@]1(O)C(=O)Nc2ccccc21)c1ccc(Cl)s1. The van der Waals surface area contributed by atoms with Crippen LogP contribution in [0.5, 0.6) is 0 Å². The lowest BCUT2D eigenvalue weighted by Crippen LogP contribution is -2.36. The maximum Gasteiger partial charge on any atom is 0.261 e. The third kappa shape index (κ3) is 2.04. The maximum absolute atomic E-state index is 12.2. The van der Waals surface area contributed by atoms with Gasteiger partial charge in [0.15, 0.2) is 11.4 Å². The molecule has 0 unspecified atom stereocenters. The van der Waals surface area contributed by atoms with Gasteiger partial charge in [0.25, 0.3) is 5.91 Å². The number of rotatable bonds is 3. The number of amides is 1. The number of anilines is 1. The highest BCUT2D eigenvalue weighted by Gasteiger charge is 2.46. The van der Waals surface area contributed by atoms with Crippen LogP contribution in [-0.4, -0.2) is 16.8 Å². The number of Topliss-reactive ketones (excluding diaryl/α,β-unsaturated/α-hetero) is 1. The summed E-state index contributed by atoms with van der Waals surface area (Å²) >= 11 is 6.92. The molecule has 1 aromatic carbocycles. The second-order valence-corrected chi connectivity index (χ2v) is 6.28. The average Bonchev–Trinajstić information content (AvgIpc) is 2.94. The lowest BCUT2D eigenvalue weighted by Gasteiger charge is -2.19. The van der Waals surface area contributed by atoms with Crippen molar-refractivity contribution >= 4 is 40.3 Å². The number of ketones is 1. The smallest absolute Gasteiger partial charge is 0.261 e. The fourth-order valence-corrected chi connectivity index (χ4v) is 3.24. The molecule has 3 rings (SSSR count). The summed E-state index contributed by atoms with van der Waals surface area (Å²) in [6, 6.07) is 10.0. The molecular weight excluding hydrogens is 298 g/mol. The van der Waals surface area contributed by atoms with E-state index in [4.69, 9.17) is 11.6 Å². The summed E-state index contributed by atoms with van der Waals surface area (Å²) in [5.41, 5.74) is -0.845. The molecule has 2 N–H and O–H groups in total. The molecule has 1 aromatic heterocycles.